The number of carbonyl (C=O) groups excluding carboxylic acids is 1. The second-order valence-corrected chi connectivity index (χ2v) is 7.63. The standard InChI is InChI=1S/C20H23F2N3O2S/c1-27-17-4-2-3-16(13-17)25-11-9-24(10-12-25)14-19(26)23-15-5-7-18(8-6-15)28-20(21)22/h2-8,13,20H,9-12,14H2,1H3,(H,23,26)/p+1. The number of piperazine rings is 1. The molecule has 0 unspecified atom stereocenters. The van der Waals surface area contributed by atoms with Gasteiger partial charge in [-0.2, -0.15) is 8.78 Å². The number of nitrogens with zero attached hydrogens (tertiary/aromatic N) is 1. The molecule has 1 aliphatic rings. The summed E-state index contributed by atoms with van der Waals surface area (Å²) in [5.41, 5.74) is 1.75. The Hall–Kier alpha value is -2.32. The minimum absolute atomic E-state index is 0.0703. The van der Waals surface area contributed by atoms with Gasteiger partial charge in [0.1, 0.15) is 5.75 Å². The lowest BCUT2D eigenvalue weighted by molar-refractivity contribution is -0.892. The molecule has 28 heavy (non-hydrogen) atoms. The molecule has 1 aliphatic heterocycles. The Labute approximate surface area is 167 Å². The zero-order chi connectivity index (χ0) is 19.9. The lowest BCUT2D eigenvalue weighted by Gasteiger charge is -2.33. The Morgan fingerprint density at radius 2 is 1.93 bits per heavy atom. The second-order valence-electron chi connectivity index (χ2n) is 6.57. The highest BCUT2D eigenvalue weighted by Crippen LogP contribution is 2.26. The molecule has 0 saturated carbocycles. The van der Waals surface area contributed by atoms with E-state index in [4.69, 9.17) is 4.74 Å². The van der Waals surface area contributed by atoms with Crippen LogP contribution in [0.25, 0.3) is 0 Å². The van der Waals surface area contributed by atoms with Gasteiger partial charge in [-0.05, 0) is 36.4 Å². The summed E-state index contributed by atoms with van der Waals surface area (Å²) in [6.07, 6.45) is 0. The number of alkyl halides is 2. The summed E-state index contributed by atoms with van der Waals surface area (Å²) >= 11 is 0.492. The molecule has 150 valence electrons. The van der Waals surface area contributed by atoms with Gasteiger partial charge in [0.25, 0.3) is 11.7 Å². The second kappa shape index (κ2) is 9.75. The molecule has 0 radical (unpaired) electrons. The molecule has 0 atom stereocenters. The summed E-state index contributed by atoms with van der Waals surface area (Å²) in [6, 6.07) is 14.5. The van der Waals surface area contributed by atoms with E-state index >= 15 is 0 Å². The summed E-state index contributed by atoms with van der Waals surface area (Å²) in [5.74, 6) is -1.68. The third-order valence-corrected chi connectivity index (χ3v) is 5.39. The molecule has 1 fully saturated rings. The fourth-order valence-electron chi connectivity index (χ4n) is 3.22. The normalized spacial score (nSPS) is 14.9. The average Bonchev–Trinajstić information content (AvgIpc) is 2.69. The van der Waals surface area contributed by atoms with Crippen LogP contribution in [-0.2, 0) is 4.79 Å². The van der Waals surface area contributed by atoms with E-state index in [-0.39, 0.29) is 5.91 Å². The van der Waals surface area contributed by atoms with E-state index in [0.29, 0.717) is 28.9 Å². The Morgan fingerprint density at radius 3 is 2.57 bits per heavy atom. The molecule has 0 bridgehead atoms. The summed E-state index contributed by atoms with van der Waals surface area (Å²) in [6.45, 7) is 3.87. The fourth-order valence-corrected chi connectivity index (χ4v) is 3.72. The first-order valence-electron chi connectivity index (χ1n) is 9.11. The predicted molar refractivity (Wildman–Crippen MR) is 108 cm³/mol. The molecule has 5 nitrogen and oxygen atoms in total. The van der Waals surface area contributed by atoms with E-state index in [0.717, 1.165) is 37.6 Å². The van der Waals surface area contributed by atoms with Crippen LogP contribution in [0.15, 0.2) is 53.4 Å². The summed E-state index contributed by atoms with van der Waals surface area (Å²) in [7, 11) is 1.66. The van der Waals surface area contributed by atoms with Crippen LogP contribution >= 0.6 is 11.8 Å². The molecular weight excluding hydrogens is 384 g/mol. The molecule has 2 aromatic rings. The van der Waals surface area contributed by atoms with Gasteiger partial charge >= 0.3 is 0 Å². The van der Waals surface area contributed by atoms with Crippen LogP contribution in [0.5, 0.6) is 5.75 Å². The molecule has 0 aromatic heterocycles. The molecule has 3 rings (SSSR count). The third kappa shape index (κ3) is 5.84. The van der Waals surface area contributed by atoms with Gasteiger partial charge in [-0.3, -0.25) is 4.79 Å². The lowest BCUT2D eigenvalue weighted by atomic mass is 10.2. The molecule has 8 heteroatoms. The predicted octanol–water partition coefficient (Wildman–Crippen LogP) is 2.35. The highest BCUT2D eigenvalue weighted by Gasteiger charge is 2.22. The van der Waals surface area contributed by atoms with Crippen LogP contribution in [0.4, 0.5) is 20.2 Å². The number of nitrogens with one attached hydrogen (secondary N) is 2. The van der Waals surface area contributed by atoms with Crippen molar-refractivity contribution in [1.29, 1.82) is 0 Å². The average molecular weight is 408 g/mol. The summed E-state index contributed by atoms with van der Waals surface area (Å²) in [5, 5.41) is 2.84. The van der Waals surface area contributed by atoms with Crippen LogP contribution in [0.2, 0.25) is 0 Å². The number of anilines is 2. The quantitative estimate of drug-likeness (QED) is 0.691. The van der Waals surface area contributed by atoms with Crippen LogP contribution in [0.3, 0.4) is 0 Å². The van der Waals surface area contributed by atoms with Crippen molar-refractivity contribution < 1.29 is 23.2 Å². The maximum atomic E-state index is 12.3. The number of halogens is 2. The monoisotopic (exact) mass is 408 g/mol. The number of thioether (sulfide) groups is 1. The number of hydrogen-bond donors (Lipinski definition) is 2. The van der Waals surface area contributed by atoms with Gasteiger partial charge in [-0.15, -0.1) is 0 Å². The molecule has 2 N–H and O–H groups in total. The van der Waals surface area contributed by atoms with Crippen molar-refractivity contribution in [3.63, 3.8) is 0 Å². The van der Waals surface area contributed by atoms with Gasteiger partial charge in [-0.25, -0.2) is 0 Å². The van der Waals surface area contributed by atoms with E-state index in [1.807, 2.05) is 18.2 Å². The molecule has 1 amide bonds. The van der Waals surface area contributed by atoms with E-state index in [1.54, 1.807) is 31.4 Å². The highest BCUT2D eigenvalue weighted by atomic mass is 32.2. The van der Waals surface area contributed by atoms with Crippen molar-refractivity contribution in [2.45, 2.75) is 10.7 Å². The van der Waals surface area contributed by atoms with Crippen molar-refractivity contribution in [3.05, 3.63) is 48.5 Å². The van der Waals surface area contributed by atoms with Gasteiger partial charge in [0.05, 0.1) is 33.3 Å². The van der Waals surface area contributed by atoms with Crippen LogP contribution in [-0.4, -0.2) is 51.5 Å². The smallest absolute Gasteiger partial charge is 0.288 e. The Morgan fingerprint density at radius 1 is 1.21 bits per heavy atom. The molecule has 1 saturated heterocycles. The number of carbonyl (C=O) groups is 1. The van der Waals surface area contributed by atoms with Crippen molar-refractivity contribution in [1.82, 2.24) is 0 Å². The SMILES string of the molecule is COc1cccc(N2CC[NH+](CC(=O)Nc3ccc(SC(F)F)cc3)CC2)c1. The van der Waals surface area contributed by atoms with Gasteiger partial charge in [0, 0.05) is 22.3 Å². The van der Waals surface area contributed by atoms with Gasteiger partial charge in [0.15, 0.2) is 6.54 Å². The number of rotatable bonds is 7. The first-order chi connectivity index (χ1) is 13.5. The number of methoxy groups -OCH3 is 1. The third-order valence-electron chi connectivity index (χ3n) is 4.66. The van der Waals surface area contributed by atoms with E-state index in [9.17, 15) is 13.6 Å². The Kier molecular flexibility index (Phi) is 7.11. The zero-order valence-electron chi connectivity index (χ0n) is 15.7. The minimum Gasteiger partial charge on any atom is -0.497 e. The lowest BCUT2D eigenvalue weighted by Crippen LogP contribution is -3.15. The number of amides is 1. The van der Waals surface area contributed by atoms with Crippen LogP contribution in [0, 0.1) is 0 Å². The molecule has 1 heterocycles. The fraction of sp³-hybridized carbons (Fsp3) is 0.350. The zero-order valence-corrected chi connectivity index (χ0v) is 16.5. The summed E-state index contributed by atoms with van der Waals surface area (Å²) < 4.78 is 30.0. The van der Waals surface area contributed by atoms with Crippen LogP contribution < -0.4 is 19.9 Å². The number of quaternary nitrogens is 1. The largest absolute Gasteiger partial charge is 0.497 e. The van der Waals surface area contributed by atoms with Crippen LogP contribution in [0.1, 0.15) is 0 Å². The topological polar surface area (TPSA) is 46.0 Å². The Balaban J connectivity index is 1.45. The van der Waals surface area contributed by atoms with E-state index in [1.165, 1.54) is 4.90 Å². The van der Waals surface area contributed by atoms with Gasteiger partial charge in [-0.1, -0.05) is 17.8 Å². The van der Waals surface area contributed by atoms with Gasteiger partial charge in [0.2, 0.25) is 0 Å². The van der Waals surface area contributed by atoms with E-state index < -0.39 is 5.76 Å². The first kappa shape index (κ1) is 20.4. The molecule has 2 aromatic carbocycles. The highest BCUT2D eigenvalue weighted by molar-refractivity contribution is 7.99. The number of benzene rings is 2. The maximum absolute atomic E-state index is 12.3. The van der Waals surface area contributed by atoms with Crippen molar-refractivity contribution >= 4 is 29.0 Å². The van der Waals surface area contributed by atoms with E-state index in [2.05, 4.69) is 16.3 Å². The first-order valence-corrected chi connectivity index (χ1v) is 9.99. The van der Waals surface area contributed by atoms with Crippen molar-refractivity contribution in [2.24, 2.45) is 0 Å². The number of ether oxygens (including phenoxy) is 1. The molecule has 0 aliphatic carbocycles. The van der Waals surface area contributed by atoms with Crippen molar-refractivity contribution in [3.8, 4) is 5.75 Å². The molecular formula is C20H24F2N3O2S+. The Bertz CT molecular complexity index is 781. The minimum atomic E-state index is -2.44. The number of hydrogen-bond acceptors (Lipinski definition) is 4. The van der Waals surface area contributed by atoms with Gasteiger partial charge < -0.3 is 19.9 Å². The summed E-state index contributed by atoms with van der Waals surface area (Å²) in [4.78, 5) is 16.3. The van der Waals surface area contributed by atoms with Crippen molar-refractivity contribution in [2.75, 3.05) is 50.1 Å². The maximum Gasteiger partial charge on any atom is 0.288 e. The molecule has 0 spiro atoms.